The molecule has 1 aliphatic heterocycles. The van der Waals surface area contributed by atoms with E-state index in [0.29, 0.717) is 16.9 Å². The quantitative estimate of drug-likeness (QED) is 0.331. The van der Waals surface area contributed by atoms with Crippen molar-refractivity contribution in [3.05, 3.63) is 88.2 Å². The van der Waals surface area contributed by atoms with Crippen LogP contribution in [0.4, 0.5) is 11.4 Å². The lowest BCUT2D eigenvalue weighted by Crippen LogP contribution is -2.50. The molecule has 7 heteroatoms. The molecule has 2 aromatic carbocycles. The number of carbonyl (C=O) groups excluding carboxylic acids is 1. The highest BCUT2D eigenvalue weighted by Crippen LogP contribution is 2.43. The summed E-state index contributed by atoms with van der Waals surface area (Å²) < 4.78 is 5.49. The van der Waals surface area contributed by atoms with Crippen molar-refractivity contribution in [2.24, 2.45) is 0 Å². The third-order valence-corrected chi connectivity index (χ3v) is 4.22. The predicted molar refractivity (Wildman–Crippen MR) is 90.4 cm³/mol. The van der Waals surface area contributed by atoms with E-state index in [2.05, 4.69) is 10.3 Å². The first-order valence-electron chi connectivity index (χ1n) is 7.59. The molecule has 2 heterocycles. The monoisotopic (exact) mass is 335 g/mol. The zero-order valence-corrected chi connectivity index (χ0v) is 12.9. The fourth-order valence-electron chi connectivity index (χ4n) is 3.02. The number of ether oxygens (including phenoxy) is 1. The summed E-state index contributed by atoms with van der Waals surface area (Å²) in [7, 11) is 0. The first-order chi connectivity index (χ1) is 12.1. The predicted octanol–water partition coefficient (Wildman–Crippen LogP) is 3.20. The number of non-ortho nitro benzene ring substituents is 1. The number of nitrogens with one attached hydrogen (secondary N) is 2. The van der Waals surface area contributed by atoms with E-state index in [9.17, 15) is 14.9 Å². The number of esters is 1. The molecule has 3 aromatic rings. The van der Waals surface area contributed by atoms with Crippen molar-refractivity contribution in [2.45, 2.75) is 5.54 Å². The number of aromatic nitrogens is 1. The van der Waals surface area contributed by atoms with Gasteiger partial charge in [-0.2, -0.15) is 0 Å². The molecule has 4 rings (SSSR count). The van der Waals surface area contributed by atoms with Crippen LogP contribution >= 0.6 is 0 Å². The Hall–Kier alpha value is -3.61. The van der Waals surface area contributed by atoms with Gasteiger partial charge in [0.15, 0.2) is 5.75 Å². The lowest BCUT2D eigenvalue weighted by Gasteiger charge is -2.37. The average molecular weight is 335 g/mol. The number of carbonyl (C=O) groups is 1. The molecule has 0 saturated carbocycles. The molecule has 0 fully saturated rings. The van der Waals surface area contributed by atoms with Crippen molar-refractivity contribution in [2.75, 3.05) is 5.32 Å². The smallest absolute Gasteiger partial charge is 0.348 e. The zero-order chi connectivity index (χ0) is 17.4. The lowest BCUT2D eigenvalue weighted by molar-refractivity contribution is -0.384. The molecule has 1 atom stereocenters. The van der Waals surface area contributed by atoms with E-state index in [0.717, 1.165) is 0 Å². The van der Waals surface area contributed by atoms with Gasteiger partial charge in [-0.15, -0.1) is 0 Å². The van der Waals surface area contributed by atoms with Crippen LogP contribution in [0.2, 0.25) is 0 Å². The number of aromatic amines is 1. The Labute approximate surface area is 142 Å². The summed E-state index contributed by atoms with van der Waals surface area (Å²) in [5.41, 5.74) is 0.428. The van der Waals surface area contributed by atoms with Crippen LogP contribution in [0.3, 0.4) is 0 Å². The van der Waals surface area contributed by atoms with Gasteiger partial charge >= 0.3 is 5.97 Å². The van der Waals surface area contributed by atoms with Gasteiger partial charge in [0.05, 0.1) is 22.4 Å². The lowest BCUT2D eigenvalue weighted by atomic mass is 9.85. The van der Waals surface area contributed by atoms with Crippen molar-refractivity contribution < 1.29 is 14.5 Å². The molecule has 7 nitrogen and oxygen atoms in total. The number of nitro benzene ring substituents is 1. The van der Waals surface area contributed by atoms with Gasteiger partial charge in [-0.1, -0.05) is 30.3 Å². The summed E-state index contributed by atoms with van der Waals surface area (Å²) in [6.45, 7) is 0. The van der Waals surface area contributed by atoms with Gasteiger partial charge in [-0.25, -0.2) is 4.79 Å². The molecular formula is C18H13N3O4. The Morgan fingerprint density at radius 1 is 1.04 bits per heavy atom. The molecule has 0 radical (unpaired) electrons. The number of nitro groups is 1. The highest BCUT2D eigenvalue weighted by Gasteiger charge is 2.48. The number of rotatable bonds is 3. The maximum atomic E-state index is 13.0. The minimum atomic E-state index is -1.26. The molecule has 2 N–H and O–H groups in total. The molecule has 124 valence electrons. The fraction of sp³-hybridized carbons (Fsp3) is 0.0556. The molecule has 0 spiro atoms. The van der Waals surface area contributed by atoms with E-state index in [4.69, 9.17) is 4.74 Å². The highest BCUT2D eigenvalue weighted by atomic mass is 16.6. The van der Waals surface area contributed by atoms with Crippen LogP contribution in [0.1, 0.15) is 11.3 Å². The van der Waals surface area contributed by atoms with E-state index >= 15 is 0 Å². The second-order valence-corrected chi connectivity index (χ2v) is 5.65. The van der Waals surface area contributed by atoms with Crippen LogP contribution < -0.4 is 10.1 Å². The van der Waals surface area contributed by atoms with Crippen LogP contribution in [0.25, 0.3) is 0 Å². The highest BCUT2D eigenvalue weighted by molar-refractivity contribution is 5.95. The van der Waals surface area contributed by atoms with Crippen LogP contribution in [0, 0.1) is 10.1 Å². The van der Waals surface area contributed by atoms with Crippen molar-refractivity contribution in [1.82, 2.24) is 4.98 Å². The van der Waals surface area contributed by atoms with E-state index in [1.807, 2.05) is 30.3 Å². The van der Waals surface area contributed by atoms with Gasteiger partial charge in [0.2, 0.25) is 5.54 Å². The maximum absolute atomic E-state index is 13.0. The molecule has 0 bridgehead atoms. The van der Waals surface area contributed by atoms with Gasteiger partial charge in [0.1, 0.15) is 0 Å². The molecule has 0 saturated heterocycles. The summed E-state index contributed by atoms with van der Waals surface area (Å²) >= 11 is 0. The SMILES string of the molecule is O=C1Oc2cc([N+](=O)[O-])ccc2N[C@]1(c1ccccc1)c1ccc[nH]1. The van der Waals surface area contributed by atoms with Crippen LogP contribution in [-0.4, -0.2) is 15.9 Å². The summed E-state index contributed by atoms with van der Waals surface area (Å²) in [6, 6.07) is 16.9. The standard InChI is InChI=1S/C18H13N3O4/c22-17-18(16-7-4-10-19-16,12-5-2-1-3-6-12)20-14-9-8-13(21(23)24)11-15(14)25-17/h1-11,19-20H/t18-/m1/s1. The summed E-state index contributed by atoms with van der Waals surface area (Å²) in [6.07, 6.45) is 1.72. The van der Waals surface area contributed by atoms with Crippen molar-refractivity contribution >= 4 is 17.3 Å². The van der Waals surface area contributed by atoms with Gasteiger partial charge in [-0.3, -0.25) is 10.1 Å². The number of nitrogens with zero attached hydrogens (tertiary/aromatic N) is 1. The third-order valence-electron chi connectivity index (χ3n) is 4.22. The van der Waals surface area contributed by atoms with Gasteiger partial charge in [0.25, 0.3) is 5.69 Å². The van der Waals surface area contributed by atoms with E-state index < -0.39 is 16.4 Å². The first-order valence-corrected chi connectivity index (χ1v) is 7.59. The summed E-state index contributed by atoms with van der Waals surface area (Å²) in [4.78, 5) is 26.5. The number of fused-ring (bicyclic) bond motifs is 1. The molecule has 0 aliphatic carbocycles. The number of hydrogen-bond acceptors (Lipinski definition) is 5. The number of anilines is 1. The third kappa shape index (κ3) is 2.25. The summed E-state index contributed by atoms with van der Waals surface area (Å²) in [5.74, 6) is -0.425. The van der Waals surface area contributed by atoms with Crippen molar-refractivity contribution in [3.8, 4) is 5.75 Å². The molecule has 0 amide bonds. The Balaban J connectivity index is 1.89. The Bertz CT molecular complexity index is 954. The summed E-state index contributed by atoms with van der Waals surface area (Å²) in [5, 5.41) is 14.2. The number of hydrogen-bond donors (Lipinski definition) is 2. The van der Waals surface area contributed by atoms with Gasteiger partial charge < -0.3 is 15.0 Å². The Kier molecular flexibility index (Phi) is 3.28. The van der Waals surface area contributed by atoms with Crippen molar-refractivity contribution in [3.63, 3.8) is 0 Å². The molecule has 1 aliphatic rings. The zero-order valence-electron chi connectivity index (χ0n) is 12.9. The largest absolute Gasteiger partial charge is 0.422 e. The Morgan fingerprint density at radius 2 is 1.84 bits per heavy atom. The number of H-pyrrole nitrogens is 1. The van der Waals surface area contributed by atoms with Gasteiger partial charge in [-0.05, 0) is 23.8 Å². The van der Waals surface area contributed by atoms with Crippen LogP contribution in [0.5, 0.6) is 5.75 Å². The fourth-order valence-corrected chi connectivity index (χ4v) is 3.02. The minimum Gasteiger partial charge on any atom is -0.422 e. The Morgan fingerprint density at radius 3 is 2.52 bits per heavy atom. The van der Waals surface area contributed by atoms with E-state index in [1.54, 1.807) is 24.4 Å². The van der Waals surface area contributed by atoms with Crippen LogP contribution in [0.15, 0.2) is 66.9 Å². The van der Waals surface area contributed by atoms with Crippen LogP contribution in [-0.2, 0) is 10.3 Å². The van der Waals surface area contributed by atoms with E-state index in [1.165, 1.54) is 12.1 Å². The van der Waals surface area contributed by atoms with Crippen molar-refractivity contribution in [1.29, 1.82) is 0 Å². The minimum absolute atomic E-state index is 0.136. The molecule has 0 unspecified atom stereocenters. The molecular weight excluding hydrogens is 322 g/mol. The maximum Gasteiger partial charge on any atom is 0.348 e. The second-order valence-electron chi connectivity index (χ2n) is 5.65. The second kappa shape index (κ2) is 5.48. The topological polar surface area (TPSA) is 97.3 Å². The first kappa shape index (κ1) is 14.9. The van der Waals surface area contributed by atoms with E-state index in [-0.39, 0.29) is 11.4 Å². The average Bonchev–Trinajstić information content (AvgIpc) is 3.16. The molecule has 25 heavy (non-hydrogen) atoms. The van der Waals surface area contributed by atoms with Gasteiger partial charge in [0, 0.05) is 12.3 Å². The molecule has 1 aromatic heterocycles. The normalized spacial score (nSPS) is 18.8. The number of benzene rings is 2.